The highest BCUT2D eigenvalue weighted by atomic mass is 35.5. The molecule has 2 nitrogen and oxygen atoms in total. The zero-order valence-electron chi connectivity index (χ0n) is 10.2. The minimum atomic E-state index is -0.0620. The highest BCUT2D eigenvalue weighted by Crippen LogP contribution is 2.21. The van der Waals surface area contributed by atoms with E-state index in [0.717, 1.165) is 11.1 Å². The first-order chi connectivity index (χ1) is 9.15. The van der Waals surface area contributed by atoms with Crippen LogP contribution in [0.25, 0.3) is 0 Å². The zero-order chi connectivity index (χ0) is 13.7. The maximum atomic E-state index is 11.8. The molecule has 0 heterocycles. The van der Waals surface area contributed by atoms with Crippen LogP contribution in [0.2, 0.25) is 10.0 Å². The summed E-state index contributed by atoms with van der Waals surface area (Å²) in [4.78, 5) is 11.8. The van der Waals surface area contributed by atoms with Crippen LogP contribution < -0.4 is 5.32 Å². The van der Waals surface area contributed by atoms with E-state index in [1.54, 1.807) is 18.2 Å². The monoisotopic (exact) mass is 293 g/mol. The molecule has 0 aliphatic carbocycles. The second kappa shape index (κ2) is 6.60. The van der Waals surface area contributed by atoms with Crippen LogP contribution in [0.5, 0.6) is 0 Å². The first-order valence-corrected chi connectivity index (χ1v) is 6.65. The highest BCUT2D eigenvalue weighted by molar-refractivity contribution is 6.35. The summed E-state index contributed by atoms with van der Waals surface area (Å²) in [6, 6.07) is 14.9. The maximum absolute atomic E-state index is 11.8. The van der Waals surface area contributed by atoms with Crippen LogP contribution in [-0.4, -0.2) is 5.91 Å². The van der Waals surface area contributed by atoms with Crippen LogP contribution in [0.3, 0.4) is 0 Å². The van der Waals surface area contributed by atoms with E-state index in [-0.39, 0.29) is 12.3 Å². The molecule has 0 bridgehead atoms. The van der Waals surface area contributed by atoms with E-state index in [1.807, 2.05) is 30.3 Å². The predicted octanol–water partition coefficient (Wildman–Crippen LogP) is 3.85. The molecule has 2 rings (SSSR count). The minimum absolute atomic E-state index is 0.0620. The number of benzene rings is 2. The molecule has 0 atom stereocenters. The van der Waals surface area contributed by atoms with E-state index >= 15 is 0 Å². The van der Waals surface area contributed by atoms with Crippen molar-refractivity contribution >= 4 is 29.1 Å². The molecule has 2 aromatic rings. The van der Waals surface area contributed by atoms with Crippen LogP contribution in [0.4, 0.5) is 0 Å². The minimum Gasteiger partial charge on any atom is -0.352 e. The van der Waals surface area contributed by atoms with Gasteiger partial charge in [-0.1, -0.05) is 59.6 Å². The topological polar surface area (TPSA) is 29.1 Å². The largest absolute Gasteiger partial charge is 0.352 e. The van der Waals surface area contributed by atoms with Gasteiger partial charge in [0.15, 0.2) is 0 Å². The van der Waals surface area contributed by atoms with Crippen molar-refractivity contribution < 1.29 is 4.79 Å². The Morgan fingerprint density at radius 3 is 2.47 bits per heavy atom. The average Bonchev–Trinajstić information content (AvgIpc) is 2.41. The van der Waals surface area contributed by atoms with Crippen molar-refractivity contribution in [3.8, 4) is 0 Å². The number of carbonyl (C=O) groups is 1. The molecule has 1 amide bonds. The van der Waals surface area contributed by atoms with Gasteiger partial charge in [0.2, 0.25) is 5.91 Å². The fraction of sp³-hybridized carbons (Fsp3) is 0.133. The van der Waals surface area contributed by atoms with Crippen LogP contribution in [0, 0.1) is 0 Å². The van der Waals surface area contributed by atoms with Gasteiger partial charge in [0.05, 0.1) is 6.42 Å². The van der Waals surface area contributed by atoms with Gasteiger partial charge in [-0.25, -0.2) is 0 Å². The van der Waals surface area contributed by atoms with Gasteiger partial charge >= 0.3 is 0 Å². The third-order valence-corrected chi connectivity index (χ3v) is 3.29. The Kier molecular flexibility index (Phi) is 4.83. The lowest BCUT2D eigenvalue weighted by Crippen LogP contribution is -2.24. The molecule has 0 unspecified atom stereocenters. The van der Waals surface area contributed by atoms with Gasteiger partial charge in [-0.05, 0) is 23.3 Å². The lowest BCUT2D eigenvalue weighted by Gasteiger charge is -2.07. The summed E-state index contributed by atoms with van der Waals surface area (Å²) in [5.74, 6) is -0.0620. The van der Waals surface area contributed by atoms with E-state index in [9.17, 15) is 4.79 Å². The quantitative estimate of drug-likeness (QED) is 0.911. The maximum Gasteiger partial charge on any atom is 0.224 e. The summed E-state index contributed by atoms with van der Waals surface area (Å²) < 4.78 is 0. The number of hydrogen-bond acceptors (Lipinski definition) is 1. The van der Waals surface area contributed by atoms with Gasteiger partial charge in [0, 0.05) is 16.6 Å². The lowest BCUT2D eigenvalue weighted by atomic mass is 10.1. The Hall–Kier alpha value is -1.51. The van der Waals surface area contributed by atoms with Crippen molar-refractivity contribution in [3.63, 3.8) is 0 Å². The van der Waals surface area contributed by atoms with Crippen molar-refractivity contribution in [1.29, 1.82) is 0 Å². The molecular formula is C15H13Cl2NO. The molecule has 4 heteroatoms. The van der Waals surface area contributed by atoms with Crippen LogP contribution >= 0.6 is 23.2 Å². The van der Waals surface area contributed by atoms with E-state index in [0.29, 0.717) is 16.6 Å². The molecule has 0 radical (unpaired) electrons. The molecule has 0 aliphatic heterocycles. The Morgan fingerprint density at radius 1 is 1.05 bits per heavy atom. The molecule has 0 aromatic heterocycles. The van der Waals surface area contributed by atoms with Crippen LogP contribution in [0.1, 0.15) is 11.1 Å². The predicted molar refractivity (Wildman–Crippen MR) is 78.5 cm³/mol. The van der Waals surface area contributed by atoms with Crippen molar-refractivity contribution in [3.05, 3.63) is 69.7 Å². The van der Waals surface area contributed by atoms with Gasteiger partial charge in [-0.2, -0.15) is 0 Å². The van der Waals surface area contributed by atoms with Gasteiger partial charge in [0.25, 0.3) is 0 Å². The summed E-state index contributed by atoms with van der Waals surface area (Å²) in [7, 11) is 0. The molecule has 0 spiro atoms. The van der Waals surface area contributed by atoms with Crippen LogP contribution in [-0.2, 0) is 17.8 Å². The number of halogens is 2. The van der Waals surface area contributed by atoms with E-state index in [1.165, 1.54) is 0 Å². The standard InChI is InChI=1S/C15H13Cl2NO/c16-13-7-6-12(14(17)9-13)8-15(19)18-10-11-4-2-1-3-5-11/h1-7,9H,8,10H2,(H,18,19). The molecule has 98 valence electrons. The number of carbonyl (C=O) groups excluding carboxylic acids is 1. The number of amides is 1. The molecule has 0 saturated heterocycles. The molecule has 19 heavy (non-hydrogen) atoms. The third-order valence-electron chi connectivity index (χ3n) is 2.70. The lowest BCUT2D eigenvalue weighted by molar-refractivity contribution is -0.120. The van der Waals surface area contributed by atoms with Gasteiger partial charge in [-0.15, -0.1) is 0 Å². The zero-order valence-corrected chi connectivity index (χ0v) is 11.7. The smallest absolute Gasteiger partial charge is 0.224 e. The fourth-order valence-corrected chi connectivity index (χ4v) is 2.17. The highest BCUT2D eigenvalue weighted by Gasteiger charge is 2.07. The first-order valence-electron chi connectivity index (χ1n) is 5.90. The summed E-state index contributed by atoms with van der Waals surface area (Å²) in [5, 5.41) is 3.94. The Balaban J connectivity index is 1.91. The SMILES string of the molecule is O=C(Cc1ccc(Cl)cc1Cl)NCc1ccccc1. The summed E-state index contributed by atoms with van der Waals surface area (Å²) >= 11 is 11.8. The summed E-state index contributed by atoms with van der Waals surface area (Å²) in [6.45, 7) is 0.519. The first kappa shape index (κ1) is 13.9. The Bertz CT molecular complexity index is 570. The summed E-state index contributed by atoms with van der Waals surface area (Å²) in [5.41, 5.74) is 1.84. The van der Waals surface area contributed by atoms with Gasteiger partial charge in [-0.3, -0.25) is 4.79 Å². The Labute approximate surface area is 122 Å². The van der Waals surface area contributed by atoms with Gasteiger partial charge < -0.3 is 5.32 Å². The Morgan fingerprint density at radius 2 is 1.79 bits per heavy atom. The number of hydrogen-bond donors (Lipinski definition) is 1. The van der Waals surface area contributed by atoms with E-state index in [4.69, 9.17) is 23.2 Å². The fourth-order valence-electron chi connectivity index (χ4n) is 1.70. The van der Waals surface area contributed by atoms with Crippen LogP contribution in [0.15, 0.2) is 48.5 Å². The van der Waals surface area contributed by atoms with E-state index in [2.05, 4.69) is 5.32 Å². The third kappa shape index (κ3) is 4.27. The number of nitrogens with one attached hydrogen (secondary N) is 1. The summed E-state index contributed by atoms with van der Waals surface area (Å²) in [6.07, 6.45) is 0.253. The molecule has 1 N–H and O–H groups in total. The molecule has 2 aromatic carbocycles. The molecular weight excluding hydrogens is 281 g/mol. The van der Waals surface area contributed by atoms with Gasteiger partial charge in [0.1, 0.15) is 0 Å². The second-order valence-electron chi connectivity index (χ2n) is 4.17. The van der Waals surface area contributed by atoms with Crippen molar-refractivity contribution in [1.82, 2.24) is 5.32 Å². The van der Waals surface area contributed by atoms with Crippen molar-refractivity contribution in [2.45, 2.75) is 13.0 Å². The normalized spacial score (nSPS) is 10.2. The van der Waals surface area contributed by atoms with Crippen molar-refractivity contribution in [2.75, 3.05) is 0 Å². The molecule has 0 fully saturated rings. The average molecular weight is 294 g/mol. The second-order valence-corrected chi connectivity index (χ2v) is 5.02. The van der Waals surface area contributed by atoms with E-state index < -0.39 is 0 Å². The van der Waals surface area contributed by atoms with Crippen molar-refractivity contribution in [2.24, 2.45) is 0 Å². The molecule has 0 aliphatic rings. The number of rotatable bonds is 4. The molecule has 0 saturated carbocycles.